The molecule has 0 fully saturated rings. The van der Waals surface area contributed by atoms with E-state index in [0.717, 1.165) is 34.3 Å². The molecule has 0 aliphatic rings. The standard InChI is InChI=1S/C19H19NO2/c1-3-20-15-9-10-16-13(2)17(19(21)22-18(16)12-15)11-14-7-5-4-6-8-14/h4-10,12,20H,3,11H2,1-2H3. The molecule has 0 radical (unpaired) electrons. The molecule has 1 heterocycles. The Balaban J connectivity index is 2.08. The van der Waals surface area contributed by atoms with Crippen LogP contribution in [0.2, 0.25) is 0 Å². The highest BCUT2D eigenvalue weighted by atomic mass is 16.4. The van der Waals surface area contributed by atoms with Crippen LogP contribution in [0.5, 0.6) is 0 Å². The maximum atomic E-state index is 12.3. The smallest absolute Gasteiger partial charge is 0.340 e. The number of benzene rings is 2. The van der Waals surface area contributed by atoms with Gasteiger partial charge in [-0.2, -0.15) is 0 Å². The van der Waals surface area contributed by atoms with Gasteiger partial charge in [0.2, 0.25) is 0 Å². The first kappa shape index (κ1) is 14.4. The third kappa shape index (κ3) is 2.75. The molecule has 22 heavy (non-hydrogen) atoms. The molecule has 3 rings (SSSR count). The fourth-order valence-corrected chi connectivity index (χ4v) is 2.71. The van der Waals surface area contributed by atoms with Crippen LogP contribution in [-0.2, 0) is 6.42 Å². The first-order valence-electron chi connectivity index (χ1n) is 7.53. The number of rotatable bonds is 4. The Hall–Kier alpha value is -2.55. The predicted octanol–water partition coefficient (Wildman–Crippen LogP) is 4.12. The number of aryl methyl sites for hydroxylation is 1. The van der Waals surface area contributed by atoms with Gasteiger partial charge in [-0.3, -0.25) is 0 Å². The van der Waals surface area contributed by atoms with Crippen molar-refractivity contribution in [1.29, 1.82) is 0 Å². The van der Waals surface area contributed by atoms with E-state index in [2.05, 4.69) is 5.32 Å². The lowest BCUT2D eigenvalue weighted by atomic mass is 9.99. The van der Waals surface area contributed by atoms with Crippen LogP contribution in [0.1, 0.15) is 23.6 Å². The second-order valence-electron chi connectivity index (χ2n) is 5.40. The van der Waals surface area contributed by atoms with Crippen LogP contribution in [0.3, 0.4) is 0 Å². The fraction of sp³-hybridized carbons (Fsp3) is 0.211. The van der Waals surface area contributed by atoms with Gasteiger partial charge < -0.3 is 9.73 Å². The van der Waals surface area contributed by atoms with Crippen molar-refractivity contribution in [3.05, 3.63) is 75.6 Å². The van der Waals surface area contributed by atoms with Crippen LogP contribution in [-0.4, -0.2) is 6.54 Å². The Labute approximate surface area is 129 Å². The topological polar surface area (TPSA) is 42.2 Å². The number of hydrogen-bond donors (Lipinski definition) is 1. The van der Waals surface area contributed by atoms with Gasteiger partial charge in [-0.1, -0.05) is 30.3 Å². The van der Waals surface area contributed by atoms with E-state index in [1.165, 1.54) is 0 Å². The zero-order chi connectivity index (χ0) is 15.5. The summed E-state index contributed by atoms with van der Waals surface area (Å²) in [4.78, 5) is 12.3. The average molecular weight is 293 g/mol. The van der Waals surface area contributed by atoms with Gasteiger partial charge in [0.05, 0.1) is 0 Å². The lowest BCUT2D eigenvalue weighted by molar-refractivity contribution is 0.551. The summed E-state index contributed by atoms with van der Waals surface area (Å²) in [6.07, 6.45) is 0.597. The van der Waals surface area contributed by atoms with Gasteiger partial charge in [0.1, 0.15) is 5.58 Å². The minimum atomic E-state index is -0.248. The maximum absolute atomic E-state index is 12.3. The molecule has 0 bridgehead atoms. The van der Waals surface area contributed by atoms with E-state index in [-0.39, 0.29) is 5.63 Å². The Bertz CT molecular complexity index is 850. The Morgan fingerprint density at radius 1 is 1.09 bits per heavy atom. The Morgan fingerprint density at radius 3 is 2.59 bits per heavy atom. The number of nitrogens with one attached hydrogen (secondary N) is 1. The predicted molar refractivity (Wildman–Crippen MR) is 90.6 cm³/mol. The molecule has 2 aromatic carbocycles. The van der Waals surface area contributed by atoms with Crippen LogP contribution in [0.25, 0.3) is 11.0 Å². The quantitative estimate of drug-likeness (QED) is 0.736. The van der Waals surface area contributed by atoms with E-state index in [1.54, 1.807) is 0 Å². The molecule has 1 aromatic heterocycles. The lowest BCUT2D eigenvalue weighted by Gasteiger charge is -2.09. The summed E-state index contributed by atoms with van der Waals surface area (Å²) in [7, 11) is 0. The third-order valence-electron chi connectivity index (χ3n) is 3.89. The van der Waals surface area contributed by atoms with Crippen LogP contribution in [0.4, 0.5) is 5.69 Å². The second kappa shape index (κ2) is 6.06. The molecular weight excluding hydrogens is 274 g/mol. The van der Waals surface area contributed by atoms with Gasteiger partial charge in [0, 0.05) is 35.7 Å². The highest BCUT2D eigenvalue weighted by Crippen LogP contribution is 2.24. The van der Waals surface area contributed by atoms with E-state index in [4.69, 9.17) is 4.42 Å². The van der Waals surface area contributed by atoms with Gasteiger partial charge in [0.15, 0.2) is 0 Å². The van der Waals surface area contributed by atoms with Gasteiger partial charge in [-0.25, -0.2) is 4.79 Å². The Kier molecular flexibility index (Phi) is 3.96. The van der Waals surface area contributed by atoms with Crippen molar-refractivity contribution < 1.29 is 4.42 Å². The molecular formula is C19H19NO2. The summed E-state index contributed by atoms with van der Waals surface area (Å²) in [5, 5.41) is 4.22. The minimum absolute atomic E-state index is 0.248. The summed E-state index contributed by atoms with van der Waals surface area (Å²) < 4.78 is 5.54. The zero-order valence-corrected chi connectivity index (χ0v) is 12.8. The lowest BCUT2D eigenvalue weighted by Crippen LogP contribution is -2.11. The third-order valence-corrected chi connectivity index (χ3v) is 3.89. The first-order valence-corrected chi connectivity index (χ1v) is 7.53. The molecule has 1 N–H and O–H groups in total. The summed E-state index contributed by atoms with van der Waals surface area (Å²) in [5.74, 6) is 0. The average Bonchev–Trinajstić information content (AvgIpc) is 2.52. The molecule has 3 nitrogen and oxygen atoms in total. The SMILES string of the molecule is CCNc1ccc2c(C)c(Cc3ccccc3)c(=O)oc2c1. The molecule has 0 atom stereocenters. The van der Waals surface area contributed by atoms with E-state index in [9.17, 15) is 4.79 Å². The van der Waals surface area contributed by atoms with Crippen molar-refractivity contribution >= 4 is 16.7 Å². The summed E-state index contributed by atoms with van der Waals surface area (Å²) in [6, 6.07) is 15.9. The number of hydrogen-bond acceptors (Lipinski definition) is 3. The Morgan fingerprint density at radius 2 is 1.86 bits per heavy atom. The zero-order valence-electron chi connectivity index (χ0n) is 12.8. The minimum Gasteiger partial charge on any atom is -0.422 e. The molecule has 0 amide bonds. The molecule has 0 saturated heterocycles. The second-order valence-corrected chi connectivity index (χ2v) is 5.40. The molecule has 0 aliphatic carbocycles. The van der Waals surface area contributed by atoms with E-state index >= 15 is 0 Å². The van der Waals surface area contributed by atoms with Crippen molar-refractivity contribution in [2.75, 3.05) is 11.9 Å². The molecule has 0 spiro atoms. The highest BCUT2D eigenvalue weighted by molar-refractivity contribution is 5.84. The van der Waals surface area contributed by atoms with Crippen molar-refractivity contribution in [1.82, 2.24) is 0 Å². The van der Waals surface area contributed by atoms with Crippen molar-refractivity contribution in [3.8, 4) is 0 Å². The molecule has 0 saturated carbocycles. The van der Waals surface area contributed by atoms with Gasteiger partial charge in [0.25, 0.3) is 0 Å². The molecule has 0 unspecified atom stereocenters. The summed E-state index contributed by atoms with van der Waals surface area (Å²) in [6.45, 7) is 4.86. The molecule has 3 heteroatoms. The largest absolute Gasteiger partial charge is 0.422 e. The molecule has 0 aliphatic heterocycles. The van der Waals surface area contributed by atoms with E-state index in [0.29, 0.717) is 12.0 Å². The van der Waals surface area contributed by atoms with Crippen LogP contribution in [0.15, 0.2) is 57.7 Å². The highest BCUT2D eigenvalue weighted by Gasteiger charge is 2.12. The van der Waals surface area contributed by atoms with E-state index in [1.807, 2.05) is 62.4 Å². The van der Waals surface area contributed by atoms with Gasteiger partial charge in [-0.15, -0.1) is 0 Å². The van der Waals surface area contributed by atoms with E-state index < -0.39 is 0 Å². The van der Waals surface area contributed by atoms with Gasteiger partial charge in [-0.05, 0) is 37.1 Å². The molecule has 112 valence electrons. The molecule has 3 aromatic rings. The van der Waals surface area contributed by atoms with Crippen LogP contribution >= 0.6 is 0 Å². The number of fused-ring (bicyclic) bond motifs is 1. The van der Waals surface area contributed by atoms with Gasteiger partial charge >= 0.3 is 5.63 Å². The summed E-state index contributed by atoms with van der Waals surface area (Å²) in [5.41, 5.74) is 4.20. The van der Waals surface area contributed by atoms with Crippen molar-refractivity contribution in [2.24, 2.45) is 0 Å². The fourth-order valence-electron chi connectivity index (χ4n) is 2.71. The van der Waals surface area contributed by atoms with Crippen molar-refractivity contribution in [3.63, 3.8) is 0 Å². The normalized spacial score (nSPS) is 10.8. The monoisotopic (exact) mass is 293 g/mol. The van der Waals surface area contributed by atoms with Crippen LogP contribution in [0, 0.1) is 6.92 Å². The van der Waals surface area contributed by atoms with Crippen molar-refractivity contribution in [2.45, 2.75) is 20.3 Å². The first-order chi connectivity index (χ1) is 10.7. The maximum Gasteiger partial charge on any atom is 0.340 e. The summed E-state index contributed by atoms with van der Waals surface area (Å²) >= 11 is 0. The number of anilines is 1. The van der Waals surface area contributed by atoms with Crippen LogP contribution < -0.4 is 10.9 Å².